The first-order valence-corrected chi connectivity index (χ1v) is 35.0. The van der Waals surface area contributed by atoms with Gasteiger partial charge in [-0.2, -0.15) is 0 Å². The van der Waals surface area contributed by atoms with Gasteiger partial charge in [0.25, 0.3) is 0 Å². The Morgan fingerprint density at radius 1 is 0.345 bits per heavy atom. The van der Waals surface area contributed by atoms with E-state index in [0.717, 1.165) is 122 Å². The van der Waals surface area contributed by atoms with Crippen molar-refractivity contribution in [1.29, 1.82) is 0 Å². The molecular weight excluding hydrogens is 1080 g/mol. The van der Waals surface area contributed by atoms with E-state index in [4.69, 9.17) is 18.9 Å². The average molecular weight is 1210 g/mol. The van der Waals surface area contributed by atoms with Crippen LogP contribution < -0.4 is 5.11 Å². The Labute approximate surface area is 534 Å². The summed E-state index contributed by atoms with van der Waals surface area (Å²) in [5.74, 6) is -2.29. The average Bonchev–Trinajstić information content (AvgIpc) is 3.56. The fourth-order valence-corrected chi connectivity index (χ4v) is 9.31. The maximum absolute atomic E-state index is 12.9. The van der Waals surface area contributed by atoms with Gasteiger partial charge in [-0.3, -0.25) is 9.59 Å². The molecule has 0 saturated heterocycles. The minimum absolute atomic E-state index is 0.140. The van der Waals surface area contributed by atoms with E-state index in [0.29, 0.717) is 17.4 Å². The van der Waals surface area contributed by atoms with Crippen LogP contribution in [0.4, 0.5) is 0 Å². The van der Waals surface area contributed by atoms with Gasteiger partial charge in [0.05, 0.1) is 40.3 Å². The van der Waals surface area contributed by atoms with Gasteiger partial charge in [-0.25, -0.2) is 0 Å². The van der Waals surface area contributed by atoms with Gasteiger partial charge in [0.1, 0.15) is 13.2 Å². The van der Waals surface area contributed by atoms with E-state index >= 15 is 0 Å². The molecule has 0 heterocycles. The van der Waals surface area contributed by atoms with Crippen molar-refractivity contribution in [3.8, 4) is 0 Å². The molecule has 0 aliphatic carbocycles. The standard InChI is InChI=1S/C78H129NO8/c1-6-8-10-12-14-16-18-20-22-24-26-28-30-32-34-35-36-37-38-39-40-41-43-45-47-49-51-53-55-57-59-61-63-65-67-69-76(81)87-74(73-86-78(77(82)83)84-71-70-79(3,4)5)72-85-75(80)68-66-64-62-60-58-56-54-52-50-48-46-44-42-33-31-29-27-25-23-21-19-17-15-13-11-9-7-2/h8-11,14-17,20-23,26-29,32,34,36-37,39-40,43,45,74,78H,6-7,12-13,18-19,24-25,30-31,33,35,38,41-42,44,46-73H2,1-5H3/b10-8-,11-9-,16-14-,17-15-,22-20-,23-21-,28-26-,29-27-,34-32-,37-36-,40-39-,45-43-. The van der Waals surface area contributed by atoms with Crippen LogP contribution in [0.2, 0.25) is 0 Å². The highest BCUT2D eigenvalue weighted by Gasteiger charge is 2.22. The number of likely N-dealkylation sites (N-methyl/N-ethyl adjacent to an activating group) is 1. The number of unbranched alkanes of at least 4 members (excludes halogenated alkanes) is 24. The summed E-state index contributed by atoms with van der Waals surface area (Å²) in [6, 6.07) is 0. The summed E-state index contributed by atoms with van der Waals surface area (Å²) >= 11 is 0. The van der Waals surface area contributed by atoms with Crippen LogP contribution in [0.1, 0.15) is 271 Å². The molecule has 494 valence electrons. The van der Waals surface area contributed by atoms with Gasteiger partial charge < -0.3 is 33.3 Å². The van der Waals surface area contributed by atoms with Crippen LogP contribution >= 0.6 is 0 Å². The van der Waals surface area contributed by atoms with Crippen LogP contribution in [-0.2, 0) is 33.3 Å². The Balaban J connectivity index is 4.17. The molecular formula is C78H129NO8. The lowest BCUT2D eigenvalue weighted by atomic mass is 10.0. The highest BCUT2D eigenvalue weighted by atomic mass is 16.7. The van der Waals surface area contributed by atoms with E-state index < -0.39 is 24.3 Å². The SMILES string of the molecule is CC/C=C\C/C=C\C/C=C\C/C=C\C/C=C\C/C=C\C/C=C\C/C=C\CCCCCCCCCCCCC(=O)OC(COC(=O)CCCCCCCCCCCCCCCC/C=C\C/C=C\C/C=C\C/C=C\CC)COC(OCC[N+](C)(C)C)C(=O)[O-]. The van der Waals surface area contributed by atoms with Crippen LogP contribution in [0.25, 0.3) is 0 Å². The molecule has 0 aromatic carbocycles. The molecule has 2 unspecified atom stereocenters. The van der Waals surface area contributed by atoms with E-state index in [1.54, 1.807) is 0 Å². The number of carboxylic acid groups (broad SMARTS) is 1. The second kappa shape index (κ2) is 67.1. The number of hydrogen-bond acceptors (Lipinski definition) is 8. The number of ether oxygens (including phenoxy) is 4. The Hall–Kier alpha value is -4.83. The molecule has 0 aliphatic heterocycles. The first-order chi connectivity index (χ1) is 42.6. The highest BCUT2D eigenvalue weighted by molar-refractivity contribution is 5.70. The Morgan fingerprint density at radius 2 is 0.621 bits per heavy atom. The molecule has 0 saturated carbocycles. The topological polar surface area (TPSA) is 111 Å². The van der Waals surface area contributed by atoms with Crippen molar-refractivity contribution in [3.05, 3.63) is 146 Å². The van der Waals surface area contributed by atoms with Gasteiger partial charge in [-0.05, 0) is 116 Å². The normalized spacial score (nSPS) is 13.6. The van der Waals surface area contributed by atoms with Crippen LogP contribution in [0.15, 0.2) is 146 Å². The third kappa shape index (κ3) is 68.5. The Morgan fingerprint density at radius 3 is 0.920 bits per heavy atom. The van der Waals surface area contributed by atoms with Crippen LogP contribution in [0.5, 0.6) is 0 Å². The number of esters is 2. The second-order valence-corrected chi connectivity index (χ2v) is 24.1. The molecule has 9 nitrogen and oxygen atoms in total. The molecule has 0 spiro atoms. The molecule has 0 aliphatic rings. The molecule has 2 atom stereocenters. The minimum Gasteiger partial charge on any atom is -0.545 e. The third-order valence-electron chi connectivity index (χ3n) is 14.6. The van der Waals surface area contributed by atoms with E-state index in [1.807, 2.05) is 21.1 Å². The van der Waals surface area contributed by atoms with Gasteiger partial charge in [-0.15, -0.1) is 0 Å². The predicted octanol–water partition coefficient (Wildman–Crippen LogP) is 20.6. The third-order valence-corrected chi connectivity index (χ3v) is 14.6. The fraction of sp³-hybridized carbons (Fsp3) is 0.654. The van der Waals surface area contributed by atoms with Crippen molar-refractivity contribution in [2.45, 2.75) is 283 Å². The van der Waals surface area contributed by atoms with E-state index in [2.05, 4.69) is 160 Å². The van der Waals surface area contributed by atoms with E-state index in [-0.39, 0.29) is 38.6 Å². The molecule has 0 rings (SSSR count). The Bertz CT molecular complexity index is 1940. The summed E-state index contributed by atoms with van der Waals surface area (Å²) in [5, 5.41) is 11.8. The lowest BCUT2D eigenvalue weighted by Crippen LogP contribution is -2.44. The molecule has 0 aromatic heterocycles. The minimum atomic E-state index is -1.63. The van der Waals surface area contributed by atoms with Crippen LogP contribution in [0, 0.1) is 0 Å². The summed E-state index contributed by atoms with van der Waals surface area (Å²) in [5.41, 5.74) is 0. The zero-order valence-corrected chi connectivity index (χ0v) is 56.3. The molecule has 87 heavy (non-hydrogen) atoms. The monoisotopic (exact) mass is 1210 g/mol. The Kier molecular flexibility index (Phi) is 63.4. The highest BCUT2D eigenvalue weighted by Crippen LogP contribution is 2.16. The summed E-state index contributed by atoms with van der Waals surface area (Å²) < 4.78 is 22.8. The summed E-state index contributed by atoms with van der Waals surface area (Å²) in [6.07, 6.45) is 94.9. The summed E-state index contributed by atoms with van der Waals surface area (Å²) in [6.45, 7) is 4.52. The van der Waals surface area contributed by atoms with Gasteiger partial charge in [0, 0.05) is 12.8 Å². The van der Waals surface area contributed by atoms with E-state index in [1.165, 1.54) is 116 Å². The fourth-order valence-electron chi connectivity index (χ4n) is 9.31. The molecule has 0 N–H and O–H groups in total. The molecule has 0 radical (unpaired) electrons. The van der Waals surface area contributed by atoms with Crippen molar-refractivity contribution in [2.24, 2.45) is 0 Å². The zero-order chi connectivity index (χ0) is 63.3. The van der Waals surface area contributed by atoms with Crippen molar-refractivity contribution in [2.75, 3.05) is 47.5 Å². The summed E-state index contributed by atoms with van der Waals surface area (Å²) in [7, 11) is 5.92. The molecule has 0 amide bonds. The van der Waals surface area contributed by atoms with Gasteiger partial charge in [0.2, 0.25) is 0 Å². The molecule has 9 heteroatoms. The number of carboxylic acids is 1. The first kappa shape index (κ1) is 82.2. The maximum Gasteiger partial charge on any atom is 0.306 e. The number of hydrogen-bond donors (Lipinski definition) is 0. The van der Waals surface area contributed by atoms with Crippen molar-refractivity contribution in [3.63, 3.8) is 0 Å². The van der Waals surface area contributed by atoms with Gasteiger partial charge in [0.15, 0.2) is 12.4 Å². The number of carbonyl (C=O) groups excluding carboxylic acids is 3. The molecule has 0 bridgehead atoms. The van der Waals surface area contributed by atoms with Crippen molar-refractivity contribution < 1.29 is 42.9 Å². The number of allylic oxidation sites excluding steroid dienone is 24. The number of quaternary nitrogens is 1. The van der Waals surface area contributed by atoms with Crippen LogP contribution in [-0.4, -0.2) is 82.3 Å². The summed E-state index contributed by atoms with van der Waals surface area (Å²) in [4.78, 5) is 37.5. The lowest BCUT2D eigenvalue weighted by molar-refractivity contribution is -0.870. The largest absolute Gasteiger partial charge is 0.545 e. The quantitative estimate of drug-likeness (QED) is 0.0195. The number of carbonyl (C=O) groups is 3. The van der Waals surface area contributed by atoms with Crippen LogP contribution in [0.3, 0.4) is 0 Å². The lowest BCUT2D eigenvalue weighted by Gasteiger charge is -2.26. The van der Waals surface area contributed by atoms with Gasteiger partial charge >= 0.3 is 11.9 Å². The second-order valence-electron chi connectivity index (χ2n) is 24.1. The molecule has 0 aromatic rings. The van der Waals surface area contributed by atoms with Gasteiger partial charge in [-0.1, -0.05) is 288 Å². The number of rotatable bonds is 63. The van der Waals surface area contributed by atoms with Crippen molar-refractivity contribution >= 4 is 17.9 Å². The van der Waals surface area contributed by atoms with E-state index in [9.17, 15) is 19.5 Å². The molecule has 0 fully saturated rings. The zero-order valence-electron chi connectivity index (χ0n) is 56.3. The maximum atomic E-state index is 12.9. The van der Waals surface area contributed by atoms with Crippen molar-refractivity contribution in [1.82, 2.24) is 0 Å². The smallest absolute Gasteiger partial charge is 0.306 e. The first-order valence-electron chi connectivity index (χ1n) is 35.0. The number of nitrogens with zero attached hydrogens (tertiary/aromatic N) is 1. The predicted molar refractivity (Wildman–Crippen MR) is 370 cm³/mol. The number of aliphatic carboxylic acids is 1.